The second-order valence-electron chi connectivity index (χ2n) is 4.26. The number of halogens is 1. The zero-order valence-electron chi connectivity index (χ0n) is 9.85. The summed E-state index contributed by atoms with van der Waals surface area (Å²) >= 11 is 0. The summed E-state index contributed by atoms with van der Waals surface area (Å²) in [6, 6.07) is 5.28. The van der Waals surface area contributed by atoms with Gasteiger partial charge in [0.25, 0.3) is 0 Å². The number of sulfonamides is 1. The van der Waals surface area contributed by atoms with Gasteiger partial charge in [0.2, 0.25) is 10.0 Å². The second-order valence-corrected chi connectivity index (χ2v) is 6.16. The molecule has 2 heterocycles. The molecule has 0 spiro atoms. The Bertz CT molecular complexity index is 680. The molecule has 0 saturated carbocycles. The van der Waals surface area contributed by atoms with Gasteiger partial charge >= 0.3 is 0 Å². The van der Waals surface area contributed by atoms with Crippen molar-refractivity contribution in [2.75, 3.05) is 13.1 Å². The van der Waals surface area contributed by atoms with Crippen molar-refractivity contribution >= 4 is 10.0 Å². The van der Waals surface area contributed by atoms with Gasteiger partial charge in [-0.25, -0.2) is 12.8 Å². The van der Waals surface area contributed by atoms with E-state index in [1.165, 1.54) is 39.7 Å². The third-order valence-electron chi connectivity index (χ3n) is 3.05. The zero-order chi connectivity index (χ0) is 13.5. The van der Waals surface area contributed by atoms with Crippen LogP contribution in [0.4, 0.5) is 4.39 Å². The molecule has 2 aromatic rings. The summed E-state index contributed by atoms with van der Waals surface area (Å²) in [5.74, 6) is -0.733. The topological polar surface area (TPSA) is 68.1 Å². The third kappa shape index (κ3) is 2.02. The Kier molecular flexibility index (Phi) is 2.83. The van der Waals surface area contributed by atoms with Crippen LogP contribution in [0.15, 0.2) is 41.6 Å². The summed E-state index contributed by atoms with van der Waals surface area (Å²) in [5, 5.41) is 7.91. The molecular formula is C11H11FN4O2S. The van der Waals surface area contributed by atoms with E-state index in [9.17, 15) is 12.8 Å². The molecule has 0 amide bonds. The lowest BCUT2D eigenvalue weighted by Gasteiger charge is -2.37. The highest BCUT2D eigenvalue weighted by Gasteiger charge is 2.39. The van der Waals surface area contributed by atoms with Crippen LogP contribution < -0.4 is 0 Å². The van der Waals surface area contributed by atoms with E-state index in [0.717, 1.165) is 6.07 Å². The van der Waals surface area contributed by atoms with Crippen LogP contribution in [0.3, 0.4) is 0 Å². The van der Waals surface area contributed by atoms with Gasteiger partial charge in [0.15, 0.2) is 0 Å². The van der Waals surface area contributed by atoms with Crippen molar-refractivity contribution in [2.45, 2.75) is 10.9 Å². The first kappa shape index (κ1) is 12.2. The molecule has 0 N–H and O–H groups in total. The maximum atomic E-state index is 13.5. The largest absolute Gasteiger partial charge is 0.246 e. The van der Waals surface area contributed by atoms with Gasteiger partial charge in [0, 0.05) is 13.1 Å². The fourth-order valence-electron chi connectivity index (χ4n) is 1.97. The maximum Gasteiger partial charge on any atom is 0.246 e. The van der Waals surface area contributed by atoms with Gasteiger partial charge in [0.1, 0.15) is 10.7 Å². The second kappa shape index (κ2) is 4.39. The predicted molar refractivity (Wildman–Crippen MR) is 64.2 cm³/mol. The highest BCUT2D eigenvalue weighted by Crippen LogP contribution is 2.28. The summed E-state index contributed by atoms with van der Waals surface area (Å²) < 4.78 is 39.1. The fourth-order valence-corrected chi connectivity index (χ4v) is 3.55. The van der Waals surface area contributed by atoms with Crippen molar-refractivity contribution in [1.82, 2.24) is 19.3 Å². The molecule has 3 rings (SSSR count). The van der Waals surface area contributed by atoms with Crippen LogP contribution in [0, 0.1) is 5.82 Å². The summed E-state index contributed by atoms with van der Waals surface area (Å²) in [5.41, 5.74) is 0. The van der Waals surface area contributed by atoms with Crippen LogP contribution in [0.5, 0.6) is 0 Å². The van der Waals surface area contributed by atoms with E-state index >= 15 is 0 Å². The fraction of sp³-hybridized carbons (Fsp3) is 0.273. The van der Waals surface area contributed by atoms with E-state index in [4.69, 9.17) is 0 Å². The molecule has 1 saturated heterocycles. The predicted octanol–water partition coefficient (Wildman–Crippen LogP) is 0.663. The molecule has 1 aromatic heterocycles. The highest BCUT2D eigenvalue weighted by molar-refractivity contribution is 7.89. The molecule has 1 fully saturated rings. The molecule has 0 radical (unpaired) electrons. The number of benzene rings is 1. The molecule has 1 aromatic carbocycles. The first-order valence-electron chi connectivity index (χ1n) is 5.69. The molecule has 0 bridgehead atoms. The summed E-state index contributed by atoms with van der Waals surface area (Å²) in [6.07, 6.45) is 3.07. The van der Waals surface area contributed by atoms with Crippen molar-refractivity contribution in [2.24, 2.45) is 0 Å². The van der Waals surface area contributed by atoms with Gasteiger partial charge in [-0.05, 0) is 12.1 Å². The summed E-state index contributed by atoms with van der Waals surface area (Å²) in [4.78, 5) is 1.18. The Morgan fingerprint density at radius 1 is 1.16 bits per heavy atom. The average Bonchev–Trinajstić information content (AvgIpc) is 2.80. The Labute approximate surface area is 109 Å². The number of aromatic nitrogens is 3. The normalized spacial score (nSPS) is 17.3. The summed E-state index contributed by atoms with van der Waals surface area (Å²) in [7, 11) is -3.77. The Balaban J connectivity index is 1.80. The van der Waals surface area contributed by atoms with Gasteiger partial charge in [-0.3, -0.25) is 0 Å². The van der Waals surface area contributed by atoms with Crippen LogP contribution in [0.25, 0.3) is 0 Å². The molecule has 8 heteroatoms. The van der Waals surface area contributed by atoms with Crippen LogP contribution in [-0.2, 0) is 10.0 Å². The molecular weight excluding hydrogens is 271 g/mol. The Morgan fingerprint density at radius 2 is 1.79 bits per heavy atom. The van der Waals surface area contributed by atoms with E-state index in [1.54, 1.807) is 0 Å². The van der Waals surface area contributed by atoms with Crippen molar-refractivity contribution in [1.29, 1.82) is 0 Å². The standard InChI is InChI=1S/C11H11FN4O2S/c12-10-3-1-2-4-11(10)19(17,18)15-7-9(8-15)16-13-5-6-14-16/h1-6,9H,7-8H2. The SMILES string of the molecule is O=S(=O)(c1ccccc1F)N1CC(n2nccn2)C1. The molecule has 1 aliphatic rings. The maximum absolute atomic E-state index is 13.5. The van der Waals surface area contributed by atoms with Crippen molar-refractivity contribution in [3.05, 3.63) is 42.5 Å². The monoisotopic (exact) mass is 282 g/mol. The van der Waals surface area contributed by atoms with E-state index in [0.29, 0.717) is 0 Å². The molecule has 6 nitrogen and oxygen atoms in total. The molecule has 100 valence electrons. The number of rotatable bonds is 3. The number of hydrogen-bond donors (Lipinski definition) is 0. The molecule has 0 aliphatic carbocycles. The zero-order valence-corrected chi connectivity index (χ0v) is 10.7. The van der Waals surface area contributed by atoms with Crippen LogP contribution in [-0.4, -0.2) is 40.8 Å². The lowest BCUT2D eigenvalue weighted by Crippen LogP contribution is -2.51. The van der Waals surface area contributed by atoms with E-state index < -0.39 is 15.8 Å². The number of hydrogen-bond acceptors (Lipinski definition) is 4. The summed E-state index contributed by atoms with van der Waals surface area (Å²) in [6.45, 7) is 0.511. The van der Waals surface area contributed by atoms with Gasteiger partial charge in [0.05, 0.1) is 18.4 Å². The molecule has 0 atom stereocenters. The lowest BCUT2D eigenvalue weighted by atomic mass is 10.2. The van der Waals surface area contributed by atoms with Crippen molar-refractivity contribution in [3.63, 3.8) is 0 Å². The molecule has 19 heavy (non-hydrogen) atoms. The lowest BCUT2D eigenvalue weighted by molar-refractivity contribution is 0.175. The molecule has 1 aliphatic heterocycles. The first-order valence-corrected chi connectivity index (χ1v) is 7.13. The van der Waals surface area contributed by atoms with Gasteiger partial charge in [-0.1, -0.05) is 12.1 Å². The van der Waals surface area contributed by atoms with E-state index in [2.05, 4.69) is 10.2 Å². The third-order valence-corrected chi connectivity index (χ3v) is 4.91. The van der Waals surface area contributed by atoms with Gasteiger partial charge < -0.3 is 0 Å². The van der Waals surface area contributed by atoms with E-state index in [1.807, 2.05) is 0 Å². The highest BCUT2D eigenvalue weighted by atomic mass is 32.2. The first-order chi connectivity index (χ1) is 9.09. The van der Waals surface area contributed by atoms with Crippen LogP contribution in [0.2, 0.25) is 0 Å². The Hall–Kier alpha value is -1.80. The minimum atomic E-state index is -3.77. The minimum absolute atomic E-state index is 0.0865. The Morgan fingerprint density at radius 3 is 2.42 bits per heavy atom. The van der Waals surface area contributed by atoms with Crippen molar-refractivity contribution in [3.8, 4) is 0 Å². The average molecular weight is 282 g/mol. The van der Waals surface area contributed by atoms with Gasteiger partial charge in [-0.15, -0.1) is 0 Å². The van der Waals surface area contributed by atoms with Gasteiger partial charge in [-0.2, -0.15) is 19.3 Å². The smallest absolute Gasteiger partial charge is 0.207 e. The molecule has 0 unspecified atom stereocenters. The van der Waals surface area contributed by atoms with Crippen LogP contribution >= 0.6 is 0 Å². The van der Waals surface area contributed by atoms with Crippen LogP contribution in [0.1, 0.15) is 6.04 Å². The quantitative estimate of drug-likeness (QED) is 0.829. The minimum Gasteiger partial charge on any atom is -0.207 e. The van der Waals surface area contributed by atoms with Crippen molar-refractivity contribution < 1.29 is 12.8 Å². The van der Waals surface area contributed by atoms with E-state index in [-0.39, 0.29) is 24.0 Å². The number of nitrogens with zero attached hydrogens (tertiary/aromatic N) is 4.